The van der Waals surface area contributed by atoms with E-state index in [9.17, 15) is 10.1 Å². The van der Waals surface area contributed by atoms with E-state index in [1.54, 1.807) is 0 Å². The number of aromatic nitrogens is 1. The summed E-state index contributed by atoms with van der Waals surface area (Å²) in [7, 11) is 0. The molecule has 5 aromatic rings. The fourth-order valence-electron chi connectivity index (χ4n) is 4.03. The van der Waals surface area contributed by atoms with E-state index in [0.29, 0.717) is 27.8 Å². The van der Waals surface area contributed by atoms with Crippen molar-refractivity contribution in [2.24, 2.45) is 0 Å². The molecule has 0 radical (unpaired) electrons. The molecule has 0 atom stereocenters. The molecule has 0 saturated heterocycles. The number of amides is 1. The second kappa shape index (κ2) is 12.6. The van der Waals surface area contributed by atoms with E-state index >= 15 is 0 Å². The van der Waals surface area contributed by atoms with Gasteiger partial charge < -0.3 is 10.1 Å². The van der Waals surface area contributed by atoms with Crippen LogP contribution in [-0.4, -0.2) is 16.6 Å². The van der Waals surface area contributed by atoms with Gasteiger partial charge in [0, 0.05) is 29.0 Å². The third-order valence-corrected chi connectivity index (χ3v) is 6.91. The highest BCUT2D eigenvalue weighted by Gasteiger charge is 2.16. The Morgan fingerprint density at radius 2 is 1.38 bits per heavy atom. The summed E-state index contributed by atoms with van der Waals surface area (Å²) in [5, 5.41) is 13.6. The quantitative estimate of drug-likeness (QED) is 0.196. The van der Waals surface area contributed by atoms with Crippen LogP contribution in [0.2, 0.25) is 0 Å². The van der Waals surface area contributed by atoms with Crippen molar-refractivity contribution in [2.45, 2.75) is 11.4 Å². The molecule has 0 aliphatic rings. The van der Waals surface area contributed by atoms with Crippen LogP contribution >= 0.6 is 11.8 Å². The van der Waals surface area contributed by atoms with Crippen LogP contribution in [-0.2, 0) is 4.79 Å². The molecule has 1 amide bonds. The molecule has 0 unspecified atom stereocenters. The number of rotatable bonds is 9. The van der Waals surface area contributed by atoms with Crippen LogP contribution in [0.1, 0.15) is 12.0 Å². The Labute approximate surface area is 232 Å². The second-order valence-electron chi connectivity index (χ2n) is 8.67. The van der Waals surface area contributed by atoms with E-state index in [4.69, 9.17) is 9.72 Å². The second-order valence-corrected chi connectivity index (χ2v) is 9.75. The smallest absolute Gasteiger partial charge is 0.225 e. The third-order valence-electron chi connectivity index (χ3n) is 5.94. The molecule has 0 spiro atoms. The van der Waals surface area contributed by atoms with Gasteiger partial charge in [-0.15, -0.1) is 11.8 Å². The molecule has 0 fully saturated rings. The highest BCUT2D eigenvalue weighted by atomic mass is 32.2. The Morgan fingerprint density at radius 1 is 0.795 bits per heavy atom. The van der Waals surface area contributed by atoms with Gasteiger partial charge >= 0.3 is 0 Å². The lowest BCUT2D eigenvalue weighted by Gasteiger charge is -2.13. The number of para-hydroxylation sites is 1. The number of pyridine rings is 1. The lowest BCUT2D eigenvalue weighted by atomic mass is 9.99. The zero-order valence-electron chi connectivity index (χ0n) is 21.1. The van der Waals surface area contributed by atoms with Gasteiger partial charge in [-0.2, -0.15) is 5.26 Å². The van der Waals surface area contributed by atoms with E-state index in [1.165, 1.54) is 11.8 Å². The summed E-state index contributed by atoms with van der Waals surface area (Å²) in [6.45, 7) is 0. The summed E-state index contributed by atoms with van der Waals surface area (Å²) < 4.78 is 5.81. The number of nitriles is 1. The van der Waals surface area contributed by atoms with Gasteiger partial charge in [0.15, 0.2) is 0 Å². The molecular weight excluding hydrogens is 502 g/mol. The van der Waals surface area contributed by atoms with Crippen molar-refractivity contribution in [3.63, 3.8) is 0 Å². The molecule has 0 saturated carbocycles. The molecule has 5 rings (SSSR count). The predicted octanol–water partition coefficient (Wildman–Crippen LogP) is 8.20. The van der Waals surface area contributed by atoms with Gasteiger partial charge in [0.2, 0.25) is 5.91 Å². The summed E-state index contributed by atoms with van der Waals surface area (Å²) in [6, 6.07) is 40.9. The van der Waals surface area contributed by atoms with Crippen molar-refractivity contribution in [1.82, 2.24) is 4.98 Å². The van der Waals surface area contributed by atoms with Crippen molar-refractivity contribution < 1.29 is 9.53 Å². The van der Waals surface area contributed by atoms with E-state index in [0.717, 1.165) is 28.1 Å². The van der Waals surface area contributed by atoms with Crippen LogP contribution in [0.15, 0.2) is 126 Å². The zero-order valence-corrected chi connectivity index (χ0v) is 21.9. The Bertz CT molecular complexity index is 1580. The average molecular weight is 528 g/mol. The number of thioether (sulfide) groups is 1. The van der Waals surface area contributed by atoms with Crippen molar-refractivity contribution in [2.75, 3.05) is 11.1 Å². The number of anilines is 1. The summed E-state index contributed by atoms with van der Waals surface area (Å²) in [6.07, 6.45) is 0.274. The van der Waals surface area contributed by atoms with Crippen LogP contribution in [0.4, 0.5) is 5.69 Å². The van der Waals surface area contributed by atoms with Crippen molar-refractivity contribution in [1.29, 1.82) is 5.26 Å². The number of carbonyl (C=O) groups excluding carboxylic acids is 1. The van der Waals surface area contributed by atoms with Crippen LogP contribution in [0.5, 0.6) is 11.5 Å². The maximum absolute atomic E-state index is 12.7. The molecule has 5 nitrogen and oxygen atoms in total. The monoisotopic (exact) mass is 527 g/mol. The van der Waals surface area contributed by atoms with Gasteiger partial charge in [0.25, 0.3) is 0 Å². The molecule has 4 aromatic carbocycles. The largest absolute Gasteiger partial charge is 0.457 e. The molecule has 1 N–H and O–H groups in total. The topological polar surface area (TPSA) is 75.0 Å². The number of ether oxygens (including phenoxy) is 1. The number of nitrogens with one attached hydrogen (secondary N) is 1. The molecule has 0 aliphatic carbocycles. The van der Waals surface area contributed by atoms with Gasteiger partial charge in [-0.3, -0.25) is 4.79 Å². The fourth-order valence-corrected chi connectivity index (χ4v) is 4.97. The van der Waals surface area contributed by atoms with Crippen LogP contribution in [0.3, 0.4) is 0 Å². The SMILES string of the molecule is N#Cc1c(-c2ccccc2)cc(-c2ccccc2)nc1SCCC(=O)Nc1ccc(Oc2ccccc2)cc1. The summed E-state index contributed by atoms with van der Waals surface area (Å²) in [5.41, 5.74) is 4.75. The molecule has 1 aromatic heterocycles. The summed E-state index contributed by atoms with van der Waals surface area (Å²) in [4.78, 5) is 17.5. The normalized spacial score (nSPS) is 10.4. The molecule has 190 valence electrons. The van der Waals surface area contributed by atoms with Crippen LogP contribution in [0.25, 0.3) is 22.4 Å². The number of benzene rings is 4. The van der Waals surface area contributed by atoms with E-state index in [2.05, 4.69) is 11.4 Å². The summed E-state index contributed by atoms with van der Waals surface area (Å²) >= 11 is 1.42. The maximum atomic E-state index is 12.7. The van der Waals surface area contributed by atoms with Gasteiger partial charge in [-0.1, -0.05) is 78.9 Å². The number of nitrogens with zero attached hydrogens (tertiary/aromatic N) is 2. The third kappa shape index (κ3) is 6.72. The van der Waals surface area contributed by atoms with Crippen molar-refractivity contribution in [3.8, 4) is 40.0 Å². The maximum Gasteiger partial charge on any atom is 0.225 e. The number of carbonyl (C=O) groups is 1. The van der Waals surface area contributed by atoms with Crippen LogP contribution < -0.4 is 10.1 Å². The van der Waals surface area contributed by atoms with Crippen LogP contribution in [0, 0.1) is 11.3 Å². The minimum absolute atomic E-state index is 0.111. The molecular formula is C33H25N3O2S. The highest BCUT2D eigenvalue weighted by molar-refractivity contribution is 7.99. The first-order valence-electron chi connectivity index (χ1n) is 12.5. The number of hydrogen-bond acceptors (Lipinski definition) is 5. The van der Waals surface area contributed by atoms with Crippen molar-refractivity contribution in [3.05, 3.63) is 127 Å². The Morgan fingerprint density at radius 3 is 2.03 bits per heavy atom. The predicted molar refractivity (Wildman–Crippen MR) is 157 cm³/mol. The lowest BCUT2D eigenvalue weighted by molar-refractivity contribution is -0.115. The first-order valence-corrected chi connectivity index (χ1v) is 13.5. The van der Waals surface area contributed by atoms with Gasteiger partial charge in [-0.05, 0) is 48.0 Å². The number of hydrogen-bond donors (Lipinski definition) is 1. The fraction of sp³-hybridized carbons (Fsp3) is 0.0606. The van der Waals surface area contributed by atoms with E-state index < -0.39 is 0 Å². The highest BCUT2D eigenvalue weighted by Crippen LogP contribution is 2.34. The van der Waals surface area contributed by atoms with Crippen molar-refractivity contribution >= 4 is 23.4 Å². The Kier molecular flexibility index (Phi) is 8.32. The lowest BCUT2D eigenvalue weighted by Crippen LogP contribution is -2.12. The first kappa shape index (κ1) is 25.8. The van der Waals surface area contributed by atoms with E-state index in [1.807, 2.05) is 121 Å². The zero-order chi connectivity index (χ0) is 26.9. The molecule has 39 heavy (non-hydrogen) atoms. The average Bonchev–Trinajstić information content (AvgIpc) is 2.99. The molecule has 6 heteroatoms. The van der Waals surface area contributed by atoms with Gasteiger partial charge in [0.1, 0.15) is 22.6 Å². The standard InChI is InChI=1S/C33H25N3O2S/c34-23-30-29(24-10-4-1-5-11-24)22-31(25-12-6-2-7-13-25)36-33(30)39-21-20-32(37)35-26-16-18-28(19-17-26)38-27-14-8-3-9-15-27/h1-19,22H,20-21H2,(H,35,37). The molecule has 0 bridgehead atoms. The Balaban J connectivity index is 1.27. The molecule has 1 heterocycles. The van der Waals surface area contributed by atoms with Gasteiger partial charge in [0.05, 0.1) is 11.3 Å². The minimum atomic E-state index is -0.111. The first-order chi connectivity index (χ1) is 19.2. The van der Waals surface area contributed by atoms with E-state index in [-0.39, 0.29) is 12.3 Å². The summed E-state index contributed by atoms with van der Waals surface area (Å²) in [5.74, 6) is 1.82. The van der Waals surface area contributed by atoms with Gasteiger partial charge in [-0.25, -0.2) is 4.98 Å². The molecule has 0 aliphatic heterocycles. The Hall–Kier alpha value is -4.86. The minimum Gasteiger partial charge on any atom is -0.457 e.